The summed E-state index contributed by atoms with van der Waals surface area (Å²) in [5.41, 5.74) is 0.974. The molecule has 0 aliphatic carbocycles. The third-order valence-corrected chi connectivity index (χ3v) is 8.31. The number of nitrogens with one attached hydrogen (secondary N) is 3. The van der Waals surface area contributed by atoms with Crippen molar-refractivity contribution in [1.29, 1.82) is 0 Å². The molecule has 3 amide bonds. The molecule has 12 heteroatoms. The van der Waals surface area contributed by atoms with Crippen molar-refractivity contribution in [2.75, 3.05) is 32.8 Å². The number of carbonyl (C=O) groups is 3. The zero-order valence-corrected chi connectivity index (χ0v) is 23.7. The Balaban J connectivity index is 1.54. The number of aryl methyl sites for hydroxylation is 2. The van der Waals surface area contributed by atoms with Crippen LogP contribution in [0, 0.1) is 6.92 Å². The number of thioether (sulfide) groups is 1. The van der Waals surface area contributed by atoms with Crippen molar-refractivity contribution < 1.29 is 19.1 Å². The average Bonchev–Trinajstić information content (AvgIpc) is 3.18. The van der Waals surface area contributed by atoms with Gasteiger partial charge in [-0.2, -0.15) is 5.10 Å². The first-order valence-electron chi connectivity index (χ1n) is 13.4. The van der Waals surface area contributed by atoms with Gasteiger partial charge < -0.3 is 25.6 Å². The summed E-state index contributed by atoms with van der Waals surface area (Å²) in [6.45, 7) is 10.5. The van der Waals surface area contributed by atoms with Gasteiger partial charge in [0, 0.05) is 42.5 Å². The van der Waals surface area contributed by atoms with Crippen LogP contribution in [0.25, 0.3) is 11.0 Å². The quantitative estimate of drug-likeness (QED) is 0.452. The maximum atomic E-state index is 13.8. The van der Waals surface area contributed by atoms with E-state index in [1.165, 1.54) is 0 Å². The number of pyridine rings is 1. The van der Waals surface area contributed by atoms with Crippen LogP contribution >= 0.6 is 11.8 Å². The number of aromatic nitrogens is 3. The molecule has 0 aromatic carbocycles. The predicted molar refractivity (Wildman–Crippen MR) is 146 cm³/mol. The van der Waals surface area contributed by atoms with Crippen LogP contribution in [-0.2, 0) is 16.6 Å². The van der Waals surface area contributed by atoms with Gasteiger partial charge in [0.25, 0.3) is 5.91 Å². The van der Waals surface area contributed by atoms with Crippen molar-refractivity contribution in [1.82, 2.24) is 35.6 Å². The maximum absolute atomic E-state index is 13.8. The highest BCUT2D eigenvalue weighted by atomic mass is 32.2. The third kappa shape index (κ3) is 5.90. The standard InChI is InChI=1S/C26H39N7O4S/c1-6-37-25(36)33-13-7-18(8-14-33)29-24(35)26(9-11-27-12-10-26)30-23(34)19-15-28-22-20(17(4)31-32(22)5)21(19)38-16(2)3/h15-16,18,27H,6-14H2,1-5H3,(H,29,35)(H,30,34). The molecule has 0 atom stereocenters. The molecule has 2 aliphatic rings. The number of amides is 3. The van der Waals surface area contributed by atoms with Crippen LogP contribution in [0.3, 0.4) is 0 Å². The van der Waals surface area contributed by atoms with Crippen LogP contribution in [0.15, 0.2) is 11.1 Å². The van der Waals surface area contributed by atoms with Crippen molar-refractivity contribution in [3.63, 3.8) is 0 Å². The molecular formula is C26H39N7O4S. The number of ether oxygens (including phenoxy) is 1. The summed E-state index contributed by atoms with van der Waals surface area (Å²) in [5, 5.41) is 15.2. The van der Waals surface area contributed by atoms with Gasteiger partial charge in [-0.05, 0) is 52.6 Å². The van der Waals surface area contributed by atoms with Gasteiger partial charge in [-0.25, -0.2) is 9.78 Å². The second-order valence-corrected chi connectivity index (χ2v) is 11.9. The minimum absolute atomic E-state index is 0.0695. The van der Waals surface area contributed by atoms with E-state index < -0.39 is 5.54 Å². The molecule has 3 N–H and O–H groups in total. The molecule has 0 spiro atoms. The van der Waals surface area contributed by atoms with Crippen LogP contribution < -0.4 is 16.0 Å². The van der Waals surface area contributed by atoms with Crippen LogP contribution in [0.4, 0.5) is 4.79 Å². The van der Waals surface area contributed by atoms with Gasteiger partial charge in [0.1, 0.15) is 5.54 Å². The van der Waals surface area contributed by atoms with Crippen molar-refractivity contribution in [2.45, 2.75) is 75.1 Å². The van der Waals surface area contributed by atoms with E-state index in [0.717, 1.165) is 21.6 Å². The normalized spacial score (nSPS) is 18.0. The first-order chi connectivity index (χ1) is 18.1. The molecule has 0 saturated carbocycles. The molecule has 38 heavy (non-hydrogen) atoms. The van der Waals surface area contributed by atoms with Gasteiger partial charge in [-0.3, -0.25) is 14.3 Å². The van der Waals surface area contributed by atoms with Crippen LogP contribution in [0.2, 0.25) is 0 Å². The molecule has 2 aromatic heterocycles. The fraction of sp³-hybridized carbons (Fsp3) is 0.654. The highest BCUT2D eigenvalue weighted by molar-refractivity contribution is 8.00. The summed E-state index contributed by atoms with van der Waals surface area (Å²) in [5.74, 6) is -0.480. The number of hydrogen-bond donors (Lipinski definition) is 3. The first kappa shape index (κ1) is 28.2. The molecule has 208 valence electrons. The van der Waals surface area contributed by atoms with Crippen molar-refractivity contribution >= 4 is 40.7 Å². The summed E-state index contributed by atoms with van der Waals surface area (Å²) in [7, 11) is 1.84. The smallest absolute Gasteiger partial charge is 0.409 e. The number of piperidine rings is 2. The fourth-order valence-corrected chi connectivity index (χ4v) is 6.29. The van der Waals surface area contributed by atoms with Gasteiger partial charge in [-0.15, -0.1) is 11.8 Å². The highest BCUT2D eigenvalue weighted by Gasteiger charge is 2.42. The van der Waals surface area contributed by atoms with E-state index in [1.54, 1.807) is 34.5 Å². The zero-order chi connectivity index (χ0) is 27.4. The number of likely N-dealkylation sites (tertiary alicyclic amines) is 1. The number of hydrogen-bond acceptors (Lipinski definition) is 8. The molecular weight excluding hydrogens is 506 g/mol. The van der Waals surface area contributed by atoms with Crippen LogP contribution in [0.5, 0.6) is 0 Å². The molecule has 4 heterocycles. The lowest BCUT2D eigenvalue weighted by atomic mass is 9.86. The van der Waals surface area contributed by atoms with Gasteiger partial charge in [0.2, 0.25) is 5.91 Å². The SMILES string of the molecule is CCOC(=O)N1CCC(NC(=O)C2(NC(=O)c3cnc4c(c(C)nn4C)c3SC(C)C)CCNCC2)CC1. The lowest BCUT2D eigenvalue weighted by molar-refractivity contribution is -0.129. The maximum Gasteiger partial charge on any atom is 0.409 e. The van der Waals surface area contributed by atoms with E-state index in [-0.39, 0.29) is 29.2 Å². The molecule has 2 saturated heterocycles. The average molecular weight is 546 g/mol. The van der Waals surface area contributed by atoms with Crippen molar-refractivity contribution in [2.24, 2.45) is 7.05 Å². The van der Waals surface area contributed by atoms with Gasteiger partial charge in [0.05, 0.1) is 23.3 Å². The number of rotatable bonds is 7. The summed E-state index contributed by atoms with van der Waals surface area (Å²) in [4.78, 5) is 46.6. The molecule has 0 bridgehead atoms. The topological polar surface area (TPSA) is 130 Å². The summed E-state index contributed by atoms with van der Waals surface area (Å²) in [6, 6.07) is -0.0695. The van der Waals surface area contributed by atoms with Crippen LogP contribution in [0.1, 0.15) is 62.5 Å². The van der Waals surface area contributed by atoms with Gasteiger partial charge >= 0.3 is 6.09 Å². The summed E-state index contributed by atoms with van der Waals surface area (Å²) in [6.07, 6.45) is 3.54. The number of carbonyl (C=O) groups excluding carboxylic acids is 3. The highest BCUT2D eigenvalue weighted by Crippen LogP contribution is 2.35. The van der Waals surface area contributed by atoms with E-state index in [1.807, 2.05) is 14.0 Å². The number of nitrogens with zero attached hydrogens (tertiary/aromatic N) is 4. The molecule has 2 fully saturated rings. The molecule has 11 nitrogen and oxygen atoms in total. The lowest BCUT2D eigenvalue weighted by Crippen LogP contribution is -2.64. The van der Waals surface area contributed by atoms with E-state index in [0.29, 0.717) is 64.0 Å². The van der Waals surface area contributed by atoms with E-state index >= 15 is 0 Å². The Morgan fingerprint density at radius 3 is 2.55 bits per heavy atom. The molecule has 4 rings (SSSR count). The van der Waals surface area contributed by atoms with E-state index in [4.69, 9.17) is 4.74 Å². The largest absolute Gasteiger partial charge is 0.450 e. The Bertz CT molecular complexity index is 1180. The predicted octanol–water partition coefficient (Wildman–Crippen LogP) is 2.37. The number of fused-ring (bicyclic) bond motifs is 1. The first-order valence-corrected chi connectivity index (χ1v) is 14.3. The Labute approximate surface area is 227 Å². The monoisotopic (exact) mass is 545 g/mol. The molecule has 2 aromatic rings. The zero-order valence-electron chi connectivity index (χ0n) is 22.9. The summed E-state index contributed by atoms with van der Waals surface area (Å²) >= 11 is 1.60. The second-order valence-electron chi connectivity index (χ2n) is 10.3. The Morgan fingerprint density at radius 1 is 1.24 bits per heavy atom. The summed E-state index contributed by atoms with van der Waals surface area (Å²) < 4.78 is 6.82. The van der Waals surface area contributed by atoms with E-state index in [2.05, 4.69) is 39.9 Å². The fourth-order valence-electron chi connectivity index (χ4n) is 5.19. The van der Waals surface area contributed by atoms with E-state index in [9.17, 15) is 14.4 Å². The van der Waals surface area contributed by atoms with Crippen molar-refractivity contribution in [3.8, 4) is 0 Å². The van der Waals surface area contributed by atoms with Gasteiger partial charge in [-0.1, -0.05) is 13.8 Å². The third-order valence-electron chi connectivity index (χ3n) is 7.18. The minimum Gasteiger partial charge on any atom is -0.450 e. The lowest BCUT2D eigenvalue weighted by Gasteiger charge is -2.39. The molecule has 2 aliphatic heterocycles. The Hall–Kier alpha value is -2.86. The van der Waals surface area contributed by atoms with Gasteiger partial charge in [0.15, 0.2) is 5.65 Å². The molecule has 0 radical (unpaired) electrons. The second kappa shape index (κ2) is 11.9. The van der Waals surface area contributed by atoms with Crippen molar-refractivity contribution in [3.05, 3.63) is 17.5 Å². The Morgan fingerprint density at radius 2 is 1.92 bits per heavy atom. The van der Waals surface area contributed by atoms with Crippen LogP contribution in [-0.4, -0.2) is 87.2 Å². The Kier molecular flexibility index (Phi) is 8.81. The molecule has 0 unspecified atom stereocenters. The minimum atomic E-state index is -1.03.